The maximum atomic E-state index is 13.2. The molecule has 0 bridgehead atoms. The normalized spacial score (nSPS) is 11.6. The maximum absolute atomic E-state index is 13.2. The third kappa shape index (κ3) is 6.31. The van der Waals surface area contributed by atoms with E-state index in [9.17, 15) is 23.3 Å². The largest absolute Gasteiger partial charge is 0.278 e. The average molecular weight is 467 g/mol. The van der Waals surface area contributed by atoms with Gasteiger partial charge in [0.25, 0.3) is 11.6 Å². The van der Waals surface area contributed by atoms with Crippen molar-refractivity contribution in [3.8, 4) is 0 Å². The summed E-state index contributed by atoms with van der Waals surface area (Å²) in [5, 5.41) is 14.8. The SMILES string of the molecule is Cc1ccc(CN(CC(=O)N/N=C\c2ccccc2[N+](=O)[O-])S(=O)(=O)c2ccccc2)cc1. The summed E-state index contributed by atoms with van der Waals surface area (Å²) in [5.74, 6) is -0.684. The fourth-order valence-corrected chi connectivity index (χ4v) is 4.40. The quantitative estimate of drug-likeness (QED) is 0.295. The molecule has 170 valence electrons. The Morgan fingerprint density at radius 1 is 1.03 bits per heavy atom. The Hall–Kier alpha value is -3.89. The zero-order valence-electron chi connectivity index (χ0n) is 17.8. The van der Waals surface area contributed by atoms with Crippen LogP contribution in [0.25, 0.3) is 0 Å². The second kappa shape index (κ2) is 10.6. The minimum absolute atomic E-state index is 0.0151. The van der Waals surface area contributed by atoms with E-state index in [1.165, 1.54) is 30.3 Å². The molecule has 10 heteroatoms. The van der Waals surface area contributed by atoms with Crippen molar-refractivity contribution in [2.24, 2.45) is 5.10 Å². The highest BCUT2D eigenvalue weighted by atomic mass is 32.2. The first kappa shape index (κ1) is 23.8. The number of aryl methyl sites for hydroxylation is 1. The number of hydrazone groups is 1. The number of nitrogens with zero attached hydrogens (tertiary/aromatic N) is 3. The fourth-order valence-electron chi connectivity index (χ4n) is 3.00. The Balaban J connectivity index is 1.79. The molecule has 3 rings (SSSR count). The van der Waals surface area contributed by atoms with E-state index >= 15 is 0 Å². The first-order valence-corrected chi connectivity index (χ1v) is 11.4. The van der Waals surface area contributed by atoms with Crippen molar-refractivity contribution in [2.45, 2.75) is 18.4 Å². The van der Waals surface area contributed by atoms with Gasteiger partial charge in [-0.1, -0.05) is 60.2 Å². The van der Waals surface area contributed by atoms with Gasteiger partial charge in [-0.2, -0.15) is 9.41 Å². The molecule has 0 aliphatic heterocycles. The van der Waals surface area contributed by atoms with Crippen LogP contribution in [0.15, 0.2) is 88.9 Å². The van der Waals surface area contributed by atoms with E-state index in [1.54, 1.807) is 36.4 Å². The monoisotopic (exact) mass is 466 g/mol. The predicted molar refractivity (Wildman–Crippen MR) is 124 cm³/mol. The second-order valence-electron chi connectivity index (χ2n) is 7.18. The van der Waals surface area contributed by atoms with E-state index in [0.29, 0.717) is 0 Å². The van der Waals surface area contributed by atoms with Gasteiger partial charge in [-0.3, -0.25) is 14.9 Å². The van der Waals surface area contributed by atoms with Crippen LogP contribution in [0, 0.1) is 17.0 Å². The summed E-state index contributed by atoms with van der Waals surface area (Å²) >= 11 is 0. The van der Waals surface area contributed by atoms with Crippen LogP contribution in [0.5, 0.6) is 0 Å². The van der Waals surface area contributed by atoms with Crippen molar-refractivity contribution < 1.29 is 18.1 Å². The summed E-state index contributed by atoms with van der Waals surface area (Å²) < 4.78 is 27.4. The fraction of sp³-hybridized carbons (Fsp3) is 0.130. The summed E-state index contributed by atoms with van der Waals surface area (Å²) in [7, 11) is -3.97. The first-order valence-electron chi connectivity index (χ1n) is 9.93. The molecule has 0 heterocycles. The Kier molecular flexibility index (Phi) is 7.65. The predicted octanol–water partition coefficient (Wildman–Crippen LogP) is 3.24. The highest BCUT2D eigenvalue weighted by molar-refractivity contribution is 7.89. The minimum atomic E-state index is -3.97. The molecular weight excluding hydrogens is 444 g/mol. The lowest BCUT2D eigenvalue weighted by atomic mass is 10.1. The standard InChI is InChI=1S/C23H22N4O5S/c1-18-11-13-19(14-12-18)16-26(33(31,32)21-8-3-2-4-9-21)17-23(28)25-24-15-20-7-5-6-10-22(20)27(29)30/h2-15H,16-17H2,1H3,(H,25,28)/b24-15-. The zero-order valence-corrected chi connectivity index (χ0v) is 18.6. The second-order valence-corrected chi connectivity index (χ2v) is 9.12. The van der Waals surface area contributed by atoms with E-state index in [2.05, 4.69) is 10.5 Å². The van der Waals surface area contributed by atoms with Crippen LogP contribution in [0.4, 0.5) is 5.69 Å². The van der Waals surface area contributed by atoms with Gasteiger partial charge in [0.2, 0.25) is 10.0 Å². The van der Waals surface area contributed by atoms with Gasteiger partial charge in [-0.25, -0.2) is 13.8 Å². The maximum Gasteiger partial charge on any atom is 0.278 e. The lowest BCUT2D eigenvalue weighted by Gasteiger charge is -2.21. The molecule has 9 nitrogen and oxygen atoms in total. The molecule has 0 fully saturated rings. The lowest BCUT2D eigenvalue weighted by Crippen LogP contribution is -2.39. The number of sulfonamides is 1. The van der Waals surface area contributed by atoms with Crippen LogP contribution in [-0.2, 0) is 21.4 Å². The van der Waals surface area contributed by atoms with Crippen molar-refractivity contribution in [2.75, 3.05) is 6.54 Å². The van der Waals surface area contributed by atoms with Gasteiger partial charge in [0, 0.05) is 12.6 Å². The summed E-state index contributed by atoms with van der Waals surface area (Å²) in [6, 6.07) is 21.1. The zero-order chi connectivity index (χ0) is 23.8. The third-order valence-corrected chi connectivity index (χ3v) is 6.51. The smallest absolute Gasteiger partial charge is 0.272 e. The van der Waals surface area contributed by atoms with E-state index in [4.69, 9.17) is 0 Å². The number of hydrogen-bond acceptors (Lipinski definition) is 6. The molecule has 1 amide bonds. The number of hydrogen-bond donors (Lipinski definition) is 1. The number of nitro benzene ring substituents is 1. The number of rotatable bonds is 9. The van der Waals surface area contributed by atoms with Crippen LogP contribution in [0.1, 0.15) is 16.7 Å². The number of amides is 1. The van der Waals surface area contributed by atoms with Crippen LogP contribution in [0.3, 0.4) is 0 Å². The van der Waals surface area contributed by atoms with Crippen molar-refractivity contribution in [3.05, 3.63) is 106 Å². The molecule has 0 saturated heterocycles. The van der Waals surface area contributed by atoms with Crippen molar-refractivity contribution >= 4 is 27.8 Å². The van der Waals surface area contributed by atoms with Gasteiger partial charge in [-0.15, -0.1) is 0 Å². The van der Waals surface area contributed by atoms with E-state index < -0.39 is 27.4 Å². The van der Waals surface area contributed by atoms with Crippen LogP contribution >= 0.6 is 0 Å². The van der Waals surface area contributed by atoms with E-state index in [1.807, 2.05) is 19.1 Å². The van der Waals surface area contributed by atoms with Gasteiger partial charge in [-0.05, 0) is 30.7 Å². The number of nitrogens with one attached hydrogen (secondary N) is 1. The summed E-state index contributed by atoms with van der Waals surface area (Å²) in [4.78, 5) is 23.1. The Bertz CT molecular complexity index is 1260. The lowest BCUT2D eigenvalue weighted by molar-refractivity contribution is -0.385. The molecule has 0 spiro atoms. The Morgan fingerprint density at radius 2 is 1.67 bits per heavy atom. The van der Waals surface area contributed by atoms with Crippen molar-refractivity contribution in [3.63, 3.8) is 0 Å². The molecule has 0 aliphatic carbocycles. The van der Waals surface area contributed by atoms with Crippen molar-refractivity contribution in [1.29, 1.82) is 0 Å². The van der Waals surface area contributed by atoms with Crippen LogP contribution in [0.2, 0.25) is 0 Å². The van der Waals surface area contributed by atoms with Crippen LogP contribution in [-0.4, -0.2) is 36.3 Å². The number of carbonyl (C=O) groups excluding carboxylic acids is 1. The molecule has 0 saturated carbocycles. The summed E-state index contributed by atoms with van der Waals surface area (Å²) in [6.45, 7) is 1.42. The topological polar surface area (TPSA) is 122 Å². The van der Waals surface area contributed by atoms with Gasteiger partial charge >= 0.3 is 0 Å². The molecule has 3 aromatic rings. The number of para-hydroxylation sites is 1. The number of carbonyl (C=O) groups is 1. The van der Waals surface area contributed by atoms with Gasteiger partial charge in [0.15, 0.2) is 0 Å². The molecule has 0 aromatic heterocycles. The van der Waals surface area contributed by atoms with E-state index in [0.717, 1.165) is 21.6 Å². The molecule has 0 aliphatic rings. The molecule has 33 heavy (non-hydrogen) atoms. The molecule has 1 N–H and O–H groups in total. The number of benzene rings is 3. The molecule has 3 aromatic carbocycles. The highest BCUT2D eigenvalue weighted by Crippen LogP contribution is 2.19. The highest BCUT2D eigenvalue weighted by Gasteiger charge is 2.26. The molecular formula is C23H22N4O5S. The van der Waals surface area contributed by atoms with E-state index in [-0.39, 0.29) is 22.7 Å². The summed E-state index contributed by atoms with van der Waals surface area (Å²) in [6.07, 6.45) is 1.14. The molecule has 0 unspecified atom stereocenters. The average Bonchev–Trinajstić information content (AvgIpc) is 2.81. The van der Waals surface area contributed by atoms with Gasteiger partial charge in [0.05, 0.1) is 28.1 Å². The van der Waals surface area contributed by atoms with Crippen molar-refractivity contribution in [1.82, 2.24) is 9.73 Å². The minimum Gasteiger partial charge on any atom is -0.272 e. The third-order valence-electron chi connectivity index (χ3n) is 4.71. The Labute approximate surface area is 191 Å². The van der Waals surface area contributed by atoms with Gasteiger partial charge in [0.1, 0.15) is 0 Å². The van der Waals surface area contributed by atoms with Gasteiger partial charge < -0.3 is 0 Å². The van der Waals surface area contributed by atoms with Crippen LogP contribution < -0.4 is 5.43 Å². The molecule has 0 radical (unpaired) electrons. The molecule has 0 atom stereocenters. The first-order chi connectivity index (χ1) is 15.8. The number of nitro groups is 1. The summed E-state index contributed by atoms with van der Waals surface area (Å²) in [5.41, 5.74) is 4.03. The Morgan fingerprint density at radius 3 is 2.33 bits per heavy atom.